The highest BCUT2D eigenvalue weighted by molar-refractivity contribution is 7.91. The van der Waals surface area contributed by atoms with Gasteiger partial charge < -0.3 is 5.32 Å². The van der Waals surface area contributed by atoms with E-state index in [2.05, 4.69) is 12.2 Å². The summed E-state index contributed by atoms with van der Waals surface area (Å²) in [5.74, 6) is 0.599. The maximum atomic E-state index is 12.2. The maximum Gasteiger partial charge on any atom is 0.152 e. The maximum absolute atomic E-state index is 12.2. The second-order valence-corrected chi connectivity index (χ2v) is 8.04. The van der Waals surface area contributed by atoms with Crippen molar-refractivity contribution in [1.29, 1.82) is 0 Å². The van der Waals surface area contributed by atoms with E-state index >= 15 is 0 Å². The van der Waals surface area contributed by atoms with Gasteiger partial charge in [-0.05, 0) is 31.4 Å². The molecule has 0 aliphatic carbocycles. The van der Waals surface area contributed by atoms with Crippen molar-refractivity contribution in [2.45, 2.75) is 40.2 Å². The number of hydrogen-bond donors (Lipinski definition) is 1. The molecular formula is C16H27NO2S. The van der Waals surface area contributed by atoms with Gasteiger partial charge in [0.2, 0.25) is 0 Å². The predicted octanol–water partition coefficient (Wildman–Crippen LogP) is 3.11. The van der Waals surface area contributed by atoms with Crippen molar-refractivity contribution in [1.82, 2.24) is 5.32 Å². The fraction of sp³-hybridized carbons (Fsp3) is 0.625. The molecule has 0 aromatic heterocycles. The summed E-state index contributed by atoms with van der Waals surface area (Å²) in [7, 11) is -3.03. The van der Waals surface area contributed by atoms with Gasteiger partial charge in [-0.2, -0.15) is 0 Å². The molecule has 1 N–H and O–H groups in total. The summed E-state index contributed by atoms with van der Waals surface area (Å²) in [6.07, 6.45) is 0.993. The van der Waals surface area contributed by atoms with Gasteiger partial charge in [0.1, 0.15) is 0 Å². The van der Waals surface area contributed by atoms with E-state index < -0.39 is 9.84 Å². The molecule has 1 rings (SSSR count). The molecule has 0 saturated heterocycles. The third-order valence-corrected chi connectivity index (χ3v) is 5.14. The fourth-order valence-corrected chi connectivity index (χ4v) is 4.19. The lowest BCUT2D eigenvalue weighted by Crippen LogP contribution is -2.30. The Morgan fingerprint density at radius 3 is 2.20 bits per heavy atom. The minimum Gasteiger partial charge on any atom is -0.309 e. The van der Waals surface area contributed by atoms with Gasteiger partial charge in [0, 0.05) is 6.04 Å². The fourth-order valence-electron chi connectivity index (χ4n) is 2.22. The molecule has 1 unspecified atom stereocenters. The molecule has 0 aliphatic heterocycles. The quantitative estimate of drug-likeness (QED) is 0.802. The standard InChI is InChI=1S/C16H27NO2S/c1-5-10-17-16(12-20(18,19)11-13(2)3)15-8-6-14(4)7-9-15/h6-9,13,16-17H,5,10-12H2,1-4H3. The molecule has 114 valence electrons. The molecular weight excluding hydrogens is 270 g/mol. The summed E-state index contributed by atoms with van der Waals surface area (Å²) in [6, 6.07) is 8.00. The minimum atomic E-state index is -3.03. The van der Waals surface area contributed by atoms with Crippen molar-refractivity contribution in [3.63, 3.8) is 0 Å². The van der Waals surface area contributed by atoms with Crippen molar-refractivity contribution in [2.75, 3.05) is 18.1 Å². The van der Waals surface area contributed by atoms with Gasteiger partial charge in [-0.25, -0.2) is 8.42 Å². The van der Waals surface area contributed by atoms with E-state index in [9.17, 15) is 8.42 Å². The highest BCUT2D eigenvalue weighted by Crippen LogP contribution is 2.17. The monoisotopic (exact) mass is 297 g/mol. The van der Waals surface area contributed by atoms with E-state index in [1.54, 1.807) is 0 Å². The van der Waals surface area contributed by atoms with E-state index in [-0.39, 0.29) is 23.5 Å². The molecule has 0 amide bonds. The SMILES string of the molecule is CCCNC(CS(=O)(=O)CC(C)C)c1ccc(C)cc1. The molecule has 0 bridgehead atoms. The third kappa shape index (κ3) is 6.06. The topological polar surface area (TPSA) is 46.2 Å². The highest BCUT2D eigenvalue weighted by atomic mass is 32.2. The first-order valence-electron chi connectivity index (χ1n) is 7.34. The Balaban J connectivity index is 2.86. The van der Waals surface area contributed by atoms with Gasteiger partial charge in [-0.1, -0.05) is 50.6 Å². The minimum absolute atomic E-state index is 0.112. The number of hydrogen-bond acceptors (Lipinski definition) is 3. The first-order valence-corrected chi connectivity index (χ1v) is 9.16. The smallest absolute Gasteiger partial charge is 0.152 e. The van der Waals surface area contributed by atoms with Crippen LogP contribution < -0.4 is 5.32 Å². The van der Waals surface area contributed by atoms with Crippen LogP contribution in [0.15, 0.2) is 24.3 Å². The van der Waals surface area contributed by atoms with Crippen molar-refractivity contribution in [3.05, 3.63) is 35.4 Å². The number of sulfone groups is 1. The van der Waals surface area contributed by atoms with Gasteiger partial charge in [0.25, 0.3) is 0 Å². The van der Waals surface area contributed by atoms with Crippen LogP contribution in [0, 0.1) is 12.8 Å². The molecule has 20 heavy (non-hydrogen) atoms. The number of rotatable bonds is 8. The lowest BCUT2D eigenvalue weighted by molar-refractivity contribution is 0.540. The Morgan fingerprint density at radius 2 is 1.70 bits per heavy atom. The summed E-state index contributed by atoms with van der Waals surface area (Å²) in [6.45, 7) is 8.83. The zero-order valence-corrected chi connectivity index (χ0v) is 13.8. The number of benzene rings is 1. The van der Waals surface area contributed by atoms with Crippen LogP contribution in [0.2, 0.25) is 0 Å². The van der Waals surface area contributed by atoms with Crippen molar-refractivity contribution in [2.24, 2.45) is 5.92 Å². The van der Waals surface area contributed by atoms with E-state index in [4.69, 9.17) is 0 Å². The van der Waals surface area contributed by atoms with Crippen LogP contribution in [-0.2, 0) is 9.84 Å². The zero-order chi connectivity index (χ0) is 15.2. The van der Waals surface area contributed by atoms with Crippen LogP contribution in [0.3, 0.4) is 0 Å². The zero-order valence-electron chi connectivity index (χ0n) is 13.0. The summed E-state index contributed by atoms with van der Waals surface area (Å²) in [5, 5.41) is 3.36. The lowest BCUT2D eigenvalue weighted by atomic mass is 10.1. The molecule has 1 aromatic rings. The average Bonchev–Trinajstić information content (AvgIpc) is 2.33. The predicted molar refractivity (Wildman–Crippen MR) is 85.7 cm³/mol. The van der Waals surface area contributed by atoms with Gasteiger partial charge in [-0.3, -0.25) is 0 Å². The van der Waals surface area contributed by atoms with Gasteiger partial charge in [0.05, 0.1) is 11.5 Å². The van der Waals surface area contributed by atoms with E-state index in [0.29, 0.717) is 0 Å². The lowest BCUT2D eigenvalue weighted by Gasteiger charge is -2.20. The molecule has 0 aliphatic rings. The second kappa shape index (κ2) is 7.79. The molecule has 0 saturated carbocycles. The molecule has 3 nitrogen and oxygen atoms in total. The van der Waals surface area contributed by atoms with Crippen LogP contribution in [-0.4, -0.2) is 26.5 Å². The molecule has 0 spiro atoms. The highest BCUT2D eigenvalue weighted by Gasteiger charge is 2.21. The van der Waals surface area contributed by atoms with Gasteiger partial charge in [0.15, 0.2) is 9.84 Å². The molecule has 0 heterocycles. The van der Waals surface area contributed by atoms with Crippen molar-refractivity contribution < 1.29 is 8.42 Å². The van der Waals surface area contributed by atoms with Crippen LogP contribution in [0.5, 0.6) is 0 Å². The van der Waals surface area contributed by atoms with Crippen LogP contribution >= 0.6 is 0 Å². The first-order chi connectivity index (χ1) is 9.34. The van der Waals surface area contributed by atoms with Crippen LogP contribution in [0.1, 0.15) is 44.4 Å². The molecule has 1 aromatic carbocycles. The summed E-state index contributed by atoms with van der Waals surface area (Å²) in [4.78, 5) is 0. The van der Waals surface area contributed by atoms with Gasteiger partial charge in [-0.15, -0.1) is 0 Å². The normalized spacial score (nSPS) is 13.7. The van der Waals surface area contributed by atoms with E-state index in [1.807, 2.05) is 45.0 Å². The number of aryl methyl sites for hydroxylation is 1. The van der Waals surface area contributed by atoms with Crippen molar-refractivity contribution in [3.8, 4) is 0 Å². The number of nitrogens with one attached hydrogen (secondary N) is 1. The van der Waals surface area contributed by atoms with Gasteiger partial charge >= 0.3 is 0 Å². The molecule has 0 fully saturated rings. The molecule has 1 atom stereocenters. The summed E-state index contributed by atoms with van der Waals surface area (Å²) in [5.41, 5.74) is 2.24. The Hall–Kier alpha value is -0.870. The second-order valence-electron chi connectivity index (χ2n) is 5.89. The summed E-state index contributed by atoms with van der Waals surface area (Å²) >= 11 is 0. The first kappa shape index (κ1) is 17.2. The van der Waals surface area contributed by atoms with Crippen LogP contribution in [0.4, 0.5) is 0 Å². The van der Waals surface area contributed by atoms with Crippen molar-refractivity contribution >= 4 is 9.84 Å². The third-order valence-electron chi connectivity index (χ3n) is 3.13. The molecule has 0 radical (unpaired) electrons. The Morgan fingerprint density at radius 1 is 1.10 bits per heavy atom. The molecule has 4 heteroatoms. The Bertz CT molecular complexity index is 492. The summed E-state index contributed by atoms with van der Waals surface area (Å²) < 4.78 is 24.4. The largest absolute Gasteiger partial charge is 0.309 e. The average molecular weight is 297 g/mol. The van der Waals surface area contributed by atoms with E-state index in [0.717, 1.165) is 18.5 Å². The van der Waals surface area contributed by atoms with Crippen LogP contribution in [0.25, 0.3) is 0 Å². The van der Waals surface area contributed by atoms with E-state index in [1.165, 1.54) is 5.56 Å². The Kier molecular flexibility index (Phi) is 6.69. The Labute approximate surface area is 123 Å².